The van der Waals surface area contributed by atoms with Gasteiger partial charge in [0.25, 0.3) is 5.91 Å². The number of piperidine rings is 1. The van der Waals surface area contributed by atoms with Crippen LogP contribution in [0.4, 0.5) is 0 Å². The van der Waals surface area contributed by atoms with Crippen LogP contribution in [0.5, 0.6) is 0 Å². The second-order valence-electron chi connectivity index (χ2n) is 7.58. The number of aliphatic carboxylic acids is 1. The Labute approximate surface area is 152 Å². The molecule has 1 amide bonds. The summed E-state index contributed by atoms with van der Waals surface area (Å²) in [6.45, 7) is 3.28. The largest absolute Gasteiger partial charge is 0.481 e. The summed E-state index contributed by atoms with van der Waals surface area (Å²) in [5.41, 5.74) is 3.67. The number of aromatic nitrogens is 1. The molecule has 1 N–H and O–H groups in total. The molecule has 26 heavy (non-hydrogen) atoms. The van der Waals surface area contributed by atoms with Gasteiger partial charge in [0, 0.05) is 31.0 Å². The first-order valence-corrected chi connectivity index (χ1v) is 9.03. The summed E-state index contributed by atoms with van der Waals surface area (Å²) in [5.74, 6) is -0.930. The number of likely N-dealkylation sites (tertiary alicyclic amines) is 1. The second kappa shape index (κ2) is 6.24. The predicted molar refractivity (Wildman–Crippen MR) is 97.7 cm³/mol. The topological polar surface area (TPSA) is 70.5 Å². The summed E-state index contributed by atoms with van der Waals surface area (Å²) in [4.78, 5) is 30.1. The van der Waals surface area contributed by atoms with Gasteiger partial charge in [-0.1, -0.05) is 29.8 Å². The van der Waals surface area contributed by atoms with E-state index in [9.17, 15) is 14.7 Å². The Morgan fingerprint density at radius 2 is 1.92 bits per heavy atom. The summed E-state index contributed by atoms with van der Waals surface area (Å²) < 4.78 is 0. The van der Waals surface area contributed by atoms with Gasteiger partial charge in [0.1, 0.15) is 0 Å². The highest BCUT2D eigenvalue weighted by Crippen LogP contribution is 2.59. The fourth-order valence-corrected chi connectivity index (χ4v) is 4.13. The minimum Gasteiger partial charge on any atom is -0.481 e. The van der Waals surface area contributed by atoms with Crippen LogP contribution >= 0.6 is 0 Å². The number of benzene rings is 1. The molecule has 5 heteroatoms. The van der Waals surface area contributed by atoms with Gasteiger partial charge in [0.05, 0.1) is 11.5 Å². The summed E-state index contributed by atoms with van der Waals surface area (Å²) >= 11 is 0. The highest BCUT2D eigenvalue weighted by Gasteiger charge is 2.59. The van der Waals surface area contributed by atoms with Gasteiger partial charge < -0.3 is 10.0 Å². The van der Waals surface area contributed by atoms with Gasteiger partial charge >= 0.3 is 5.97 Å². The first kappa shape index (κ1) is 16.8. The molecule has 2 heterocycles. The lowest BCUT2D eigenvalue weighted by Crippen LogP contribution is -2.40. The molecule has 1 saturated heterocycles. The number of pyridine rings is 1. The average Bonchev–Trinajstić information content (AvgIpc) is 3.36. The van der Waals surface area contributed by atoms with Crippen molar-refractivity contribution in [3.8, 4) is 11.1 Å². The van der Waals surface area contributed by atoms with Crippen LogP contribution in [0.15, 0.2) is 42.7 Å². The molecule has 134 valence electrons. The van der Waals surface area contributed by atoms with Gasteiger partial charge in [-0.25, -0.2) is 0 Å². The molecule has 2 aliphatic rings. The van der Waals surface area contributed by atoms with Crippen LogP contribution < -0.4 is 0 Å². The molecule has 1 spiro atoms. The first-order chi connectivity index (χ1) is 12.5. The van der Waals surface area contributed by atoms with E-state index in [1.54, 1.807) is 12.4 Å². The lowest BCUT2D eigenvalue weighted by molar-refractivity contribution is -0.139. The Hall–Kier alpha value is -2.69. The maximum absolute atomic E-state index is 12.9. The number of nitrogens with zero attached hydrogens (tertiary/aromatic N) is 2. The van der Waals surface area contributed by atoms with Gasteiger partial charge in [-0.3, -0.25) is 14.6 Å². The van der Waals surface area contributed by atoms with Crippen LogP contribution in [0.1, 0.15) is 35.2 Å². The first-order valence-electron chi connectivity index (χ1n) is 9.03. The zero-order valence-electron chi connectivity index (χ0n) is 14.8. The van der Waals surface area contributed by atoms with Gasteiger partial charge in [0.2, 0.25) is 0 Å². The monoisotopic (exact) mass is 350 g/mol. The summed E-state index contributed by atoms with van der Waals surface area (Å²) in [7, 11) is 0. The minimum atomic E-state index is -0.695. The molecule has 2 aromatic rings. The van der Waals surface area contributed by atoms with E-state index in [2.05, 4.69) is 11.1 Å². The van der Waals surface area contributed by atoms with E-state index in [1.807, 2.05) is 36.1 Å². The predicted octanol–water partition coefficient (Wildman–Crippen LogP) is 3.38. The standard InChI is InChI=1S/C21H22N2O3/c1-14-3-2-4-15(9-14)16-10-17(13-22-12-16)19(24)23-7-5-21(6-8-23)11-18(21)20(25)26/h2-4,9-10,12-13,18H,5-8,11H2,1H3,(H,25,26). The third kappa shape index (κ3) is 2.98. The van der Waals surface area contributed by atoms with Crippen LogP contribution in [0.25, 0.3) is 11.1 Å². The quantitative estimate of drug-likeness (QED) is 0.921. The third-order valence-corrected chi connectivity index (χ3v) is 5.87. The van der Waals surface area contributed by atoms with Crippen molar-refractivity contribution in [1.82, 2.24) is 9.88 Å². The fourth-order valence-electron chi connectivity index (χ4n) is 4.13. The Morgan fingerprint density at radius 1 is 1.15 bits per heavy atom. The molecule has 1 aromatic carbocycles. The molecule has 1 saturated carbocycles. The summed E-state index contributed by atoms with van der Waals surface area (Å²) in [6, 6.07) is 10.0. The zero-order chi connectivity index (χ0) is 18.3. The fraction of sp³-hybridized carbons (Fsp3) is 0.381. The van der Waals surface area contributed by atoms with Gasteiger partial charge in [0.15, 0.2) is 0 Å². The van der Waals surface area contributed by atoms with E-state index in [0.717, 1.165) is 36.0 Å². The lowest BCUT2D eigenvalue weighted by Gasteiger charge is -2.32. The molecule has 0 bridgehead atoms. The van der Waals surface area contributed by atoms with E-state index in [4.69, 9.17) is 0 Å². The van der Waals surface area contributed by atoms with Crippen molar-refractivity contribution in [3.63, 3.8) is 0 Å². The van der Waals surface area contributed by atoms with Crippen molar-refractivity contribution in [1.29, 1.82) is 0 Å². The molecule has 2 fully saturated rings. The maximum atomic E-state index is 12.9. The molecule has 1 aliphatic heterocycles. The number of hydrogen-bond acceptors (Lipinski definition) is 3. The van der Waals surface area contributed by atoms with E-state index in [0.29, 0.717) is 18.7 Å². The number of carboxylic acids is 1. The number of carbonyl (C=O) groups is 2. The van der Waals surface area contributed by atoms with Crippen LogP contribution in [-0.2, 0) is 4.79 Å². The molecule has 1 aliphatic carbocycles. The van der Waals surface area contributed by atoms with Crippen LogP contribution in [0.2, 0.25) is 0 Å². The molecule has 0 radical (unpaired) electrons. The molecule has 1 atom stereocenters. The summed E-state index contributed by atoms with van der Waals surface area (Å²) in [6.07, 6.45) is 5.71. The van der Waals surface area contributed by atoms with Crippen molar-refractivity contribution in [2.75, 3.05) is 13.1 Å². The lowest BCUT2D eigenvalue weighted by atomic mass is 9.90. The highest BCUT2D eigenvalue weighted by atomic mass is 16.4. The third-order valence-electron chi connectivity index (χ3n) is 5.87. The van der Waals surface area contributed by atoms with Gasteiger partial charge in [-0.05, 0) is 43.2 Å². The molecule has 4 rings (SSSR count). The molecular formula is C21H22N2O3. The highest BCUT2D eigenvalue weighted by molar-refractivity contribution is 5.95. The zero-order valence-corrected chi connectivity index (χ0v) is 14.8. The second-order valence-corrected chi connectivity index (χ2v) is 7.58. The SMILES string of the molecule is Cc1cccc(-c2cncc(C(=O)N3CCC4(CC3)CC4C(=O)O)c2)c1. The summed E-state index contributed by atoms with van der Waals surface area (Å²) in [5, 5.41) is 9.19. The van der Waals surface area contributed by atoms with Crippen LogP contribution in [0, 0.1) is 18.3 Å². The van der Waals surface area contributed by atoms with E-state index >= 15 is 0 Å². The Balaban J connectivity index is 1.48. The van der Waals surface area contributed by atoms with E-state index < -0.39 is 5.97 Å². The van der Waals surface area contributed by atoms with Gasteiger partial charge in [-0.2, -0.15) is 0 Å². The van der Waals surface area contributed by atoms with Crippen molar-refractivity contribution in [2.24, 2.45) is 11.3 Å². The van der Waals surface area contributed by atoms with Gasteiger partial charge in [-0.15, -0.1) is 0 Å². The average molecular weight is 350 g/mol. The Bertz CT molecular complexity index is 869. The van der Waals surface area contributed by atoms with Crippen LogP contribution in [-0.4, -0.2) is 40.0 Å². The molecular weight excluding hydrogens is 328 g/mol. The van der Waals surface area contributed by atoms with Crippen molar-refractivity contribution in [3.05, 3.63) is 53.9 Å². The molecule has 1 aromatic heterocycles. The Morgan fingerprint density at radius 3 is 2.58 bits per heavy atom. The van der Waals surface area contributed by atoms with E-state index in [1.165, 1.54) is 0 Å². The number of rotatable bonds is 3. The number of amides is 1. The number of carboxylic acid groups (broad SMARTS) is 1. The van der Waals surface area contributed by atoms with Crippen molar-refractivity contribution < 1.29 is 14.7 Å². The normalized spacial score (nSPS) is 20.8. The van der Waals surface area contributed by atoms with E-state index in [-0.39, 0.29) is 17.2 Å². The van der Waals surface area contributed by atoms with Crippen LogP contribution in [0.3, 0.4) is 0 Å². The minimum absolute atomic E-state index is 0.0191. The number of aryl methyl sites for hydroxylation is 1. The van der Waals surface area contributed by atoms with Crippen molar-refractivity contribution in [2.45, 2.75) is 26.2 Å². The molecule has 5 nitrogen and oxygen atoms in total. The molecule has 1 unspecified atom stereocenters. The smallest absolute Gasteiger partial charge is 0.307 e. The number of hydrogen-bond donors (Lipinski definition) is 1. The maximum Gasteiger partial charge on any atom is 0.307 e. The number of carbonyl (C=O) groups excluding carboxylic acids is 1. The van der Waals surface area contributed by atoms with Crippen molar-refractivity contribution >= 4 is 11.9 Å². The Kier molecular flexibility index (Phi) is 4.02.